The maximum absolute atomic E-state index is 12.7. The second-order valence-electron chi connectivity index (χ2n) is 6.88. The second kappa shape index (κ2) is 7.63. The van der Waals surface area contributed by atoms with E-state index in [1.807, 2.05) is 24.3 Å². The van der Waals surface area contributed by atoms with Gasteiger partial charge in [0, 0.05) is 12.1 Å². The van der Waals surface area contributed by atoms with E-state index in [4.69, 9.17) is 0 Å². The molecule has 0 bridgehead atoms. The predicted molar refractivity (Wildman–Crippen MR) is 114 cm³/mol. The van der Waals surface area contributed by atoms with Crippen molar-refractivity contribution in [2.75, 3.05) is 6.54 Å². The smallest absolute Gasteiger partial charge is 0.251 e. The third-order valence-corrected chi connectivity index (χ3v) is 5.02. The summed E-state index contributed by atoms with van der Waals surface area (Å²) in [6, 6.07) is 22.9. The third kappa shape index (κ3) is 3.43. The first-order valence-electron chi connectivity index (χ1n) is 9.57. The van der Waals surface area contributed by atoms with E-state index in [1.165, 1.54) is 16.3 Å². The Kier molecular flexibility index (Phi) is 4.88. The Labute approximate surface area is 160 Å². The van der Waals surface area contributed by atoms with Gasteiger partial charge in [-0.25, -0.2) is 0 Å². The molecule has 0 unspecified atom stereocenters. The lowest BCUT2D eigenvalue weighted by molar-refractivity contribution is -0.115. The van der Waals surface area contributed by atoms with Crippen molar-refractivity contribution in [3.8, 4) is 0 Å². The van der Waals surface area contributed by atoms with Crippen LogP contribution in [-0.2, 0) is 4.79 Å². The van der Waals surface area contributed by atoms with Gasteiger partial charge >= 0.3 is 0 Å². The van der Waals surface area contributed by atoms with E-state index in [-0.39, 0.29) is 5.91 Å². The van der Waals surface area contributed by atoms with Crippen molar-refractivity contribution in [2.45, 2.75) is 19.8 Å². The number of allylic oxidation sites excluding steroid dienone is 2. The van der Waals surface area contributed by atoms with E-state index in [0.29, 0.717) is 0 Å². The molecular weight excluding hydrogens is 330 g/mol. The fourth-order valence-corrected chi connectivity index (χ4v) is 3.61. The molecule has 2 heteroatoms. The van der Waals surface area contributed by atoms with Crippen LogP contribution in [0, 0.1) is 0 Å². The maximum atomic E-state index is 12.7. The average molecular weight is 353 g/mol. The molecule has 134 valence electrons. The molecule has 0 aliphatic heterocycles. The zero-order valence-corrected chi connectivity index (χ0v) is 15.5. The summed E-state index contributed by atoms with van der Waals surface area (Å²) in [5.74, 6) is 0.0113. The summed E-state index contributed by atoms with van der Waals surface area (Å²) in [6.07, 6.45) is 6.28. The Bertz CT molecular complexity index is 1050. The van der Waals surface area contributed by atoms with Crippen LogP contribution in [0.1, 0.15) is 36.5 Å². The minimum atomic E-state index is 0.0113. The van der Waals surface area contributed by atoms with Crippen molar-refractivity contribution in [3.05, 3.63) is 89.5 Å². The van der Waals surface area contributed by atoms with Gasteiger partial charge in [0.05, 0.1) is 0 Å². The van der Waals surface area contributed by atoms with Gasteiger partial charge < -0.3 is 5.32 Å². The third-order valence-electron chi connectivity index (χ3n) is 5.02. The fourth-order valence-electron chi connectivity index (χ4n) is 3.61. The van der Waals surface area contributed by atoms with Crippen molar-refractivity contribution in [2.24, 2.45) is 0 Å². The Hall–Kier alpha value is -3.13. The minimum Gasteiger partial charge on any atom is -0.352 e. The summed E-state index contributed by atoms with van der Waals surface area (Å²) in [5, 5.41) is 5.49. The number of benzene rings is 3. The Morgan fingerprint density at radius 3 is 2.52 bits per heavy atom. The van der Waals surface area contributed by atoms with Gasteiger partial charge in [0.1, 0.15) is 0 Å². The van der Waals surface area contributed by atoms with Gasteiger partial charge in [-0.3, -0.25) is 4.79 Å². The molecule has 0 saturated carbocycles. The maximum Gasteiger partial charge on any atom is 0.251 e. The van der Waals surface area contributed by atoms with Crippen LogP contribution in [0.2, 0.25) is 0 Å². The zero-order valence-electron chi connectivity index (χ0n) is 15.5. The first kappa shape index (κ1) is 17.3. The van der Waals surface area contributed by atoms with Crippen LogP contribution in [0.25, 0.3) is 28.0 Å². The number of nitrogens with one attached hydrogen (secondary N) is 1. The normalized spacial score (nSPS) is 14.3. The molecule has 1 amide bonds. The molecule has 0 atom stereocenters. The molecule has 2 nitrogen and oxygen atoms in total. The Balaban J connectivity index is 1.76. The van der Waals surface area contributed by atoms with E-state index in [9.17, 15) is 4.79 Å². The van der Waals surface area contributed by atoms with Gasteiger partial charge in [0.25, 0.3) is 5.91 Å². The average Bonchev–Trinajstić information content (AvgIpc) is 3.07. The molecule has 1 aliphatic rings. The molecule has 0 heterocycles. The number of amides is 1. The number of carbonyl (C=O) groups is 1. The van der Waals surface area contributed by atoms with Crippen molar-refractivity contribution in [1.82, 2.24) is 5.32 Å². The molecular formula is C25H23NO. The van der Waals surface area contributed by atoms with Gasteiger partial charge in [-0.2, -0.15) is 0 Å². The van der Waals surface area contributed by atoms with Crippen molar-refractivity contribution < 1.29 is 4.79 Å². The molecule has 1 N–H and O–H groups in total. The van der Waals surface area contributed by atoms with Crippen molar-refractivity contribution in [3.63, 3.8) is 0 Å². The largest absolute Gasteiger partial charge is 0.352 e. The molecule has 0 spiro atoms. The molecule has 0 radical (unpaired) electrons. The van der Waals surface area contributed by atoms with E-state index < -0.39 is 0 Å². The van der Waals surface area contributed by atoms with Crippen LogP contribution in [0.4, 0.5) is 0 Å². The Morgan fingerprint density at radius 2 is 1.67 bits per heavy atom. The first-order valence-corrected chi connectivity index (χ1v) is 9.57. The number of carbonyl (C=O) groups excluding carboxylic acids is 1. The summed E-state index contributed by atoms with van der Waals surface area (Å²) in [5.41, 5.74) is 5.14. The first-order chi connectivity index (χ1) is 13.3. The lowest BCUT2D eigenvalue weighted by Gasteiger charge is -2.07. The summed E-state index contributed by atoms with van der Waals surface area (Å²) < 4.78 is 0. The van der Waals surface area contributed by atoms with Crippen LogP contribution in [0.3, 0.4) is 0 Å². The molecule has 0 fully saturated rings. The molecule has 0 saturated heterocycles. The number of fused-ring (bicyclic) bond motifs is 2. The lowest BCUT2D eigenvalue weighted by Crippen LogP contribution is -2.24. The van der Waals surface area contributed by atoms with Gasteiger partial charge in [0.15, 0.2) is 0 Å². The predicted octanol–water partition coefficient (Wildman–Crippen LogP) is 5.69. The summed E-state index contributed by atoms with van der Waals surface area (Å²) in [7, 11) is 0. The standard InChI is InChI=1S/C25H23NO/c1-2-3-15-26-25(27)24-17-20(22-13-6-7-14-23(22)24)16-19-11-8-10-18-9-4-5-12-21(18)19/h4-14,16-17H,2-3,15H2,1H3,(H,26,27)/b20-16+. The summed E-state index contributed by atoms with van der Waals surface area (Å²) in [6.45, 7) is 2.85. The summed E-state index contributed by atoms with van der Waals surface area (Å²) in [4.78, 5) is 12.7. The fraction of sp³-hybridized carbons (Fsp3) is 0.160. The number of unbranched alkanes of at least 4 members (excludes halogenated alkanes) is 1. The van der Waals surface area contributed by atoms with Gasteiger partial charge in [-0.15, -0.1) is 0 Å². The molecule has 1 aliphatic carbocycles. The highest BCUT2D eigenvalue weighted by atomic mass is 16.1. The quantitative estimate of drug-likeness (QED) is 0.586. The van der Waals surface area contributed by atoms with E-state index in [2.05, 4.69) is 66.8 Å². The van der Waals surface area contributed by atoms with Crippen molar-refractivity contribution in [1.29, 1.82) is 0 Å². The van der Waals surface area contributed by atoms with Crippen molar-refractivity contribution >= 4 is 33.9 Å². The lowest BCUT2D eigenvalue weighted by atomic mass is 9.99. The second-order valence-corrected chi connectivity index (χ2v) is 6.88. The highest BCUT2D eigenvalue weighted by molar-refractivity contribution is 6.26. The van der Waals surface area contributed by atoms with E-state index >= 15 is 0 Å². The van der Waals surface area contributed by atoms with E-state index in [0.717, 1.165) is 41.7 Å². The van der Waals surface area contributed by atoms with Gasteiger partial charge in [-0.05, 0) is 51.6 Å². The molecule has 0 aromatic heterocycles. The Morgan fingerprint density at radius 1 is 0.926 bits per heavy atom. The SMILES string of the molecule is CCCCNC(=O)C1=C/C(=C\c2cccc3ccccc23)c2ccccc21. The highest BCUT2D eigenvalue weighted by Gasteiger charge is 2.22. The molecule has 4 rings (SSSR count). The number of hydrogen-bond donors (Lipinski definition) is 1. The number of rotatable bonds is 5. The van der Waals surface area contributed by atoms with Crippen LogP contribution in [0.5, 0.6) is 0 Å². The van der Waals surface area contributed by atoms with E-state index in [1.54, 1.807) is 0 Å². The zero-order chi connectivity index (χ0) is 18.6. The molecule has 27 heavy (non-hydrogen) atoms. The van der Waals surface area contributed by atoms with Crippen LogP contribution >= 0.6 is 0 Å². The van der Waals surface area contributed by atoms with Gasteiger partial charge in [-0.1, -0.05) is 80.1 Å². The van der Waals surface area contributed by atoms with Crippen LogP contribution < -0.4 is 5.32 Å². The topological polar surface area (TPSA) is 29.1 Å². The van der Waals surface area contributed by atoms with Crippen LogP contribution in [0.15, 0.2) is 72.8 Å². The highest BCUT2D eigenvalue weighted by Crippen LogP contribution is 2.37. The minimum absolute atomic E-state index is 0.0113. The van der Waals surface area contributed by atoms with Crippen LogP contribution in [-0.4, -0.2) is 12.5 Å². The monoisotopic (exact) mass is 353 g/mol. The number of hydrogen-bond acceptors (Lipinski definition) is 1. The van der Waals surface area contributed by atoms with Gasteiger partial charge in [0.2, 0.25) is 0 Å². The summed E-state index contributed by atoms with van der Waals surface area (Å²) >= 11 is 0. The molecule has 3 aromatic rings. The molecule has 3 aromatic carbocycles.